The van der Waals surface area contributed by atoms with Crippen LogP contribution in [-0.2, 0) is 12.8 Å². The average molecular weight is 420 g/mol. The maximum absolute atomic E-state index is 5.51. The highest BCUT2D eigenvalue weighted by molar-refractivity contribution is 9.10. The van der Waals surface area contributed by atoms with Crippen molar-refractivity contribution >= 4 is 15.9 Å². The van der Waals surface area contributed by atoms with Gasteiger partial charge in [0.05, 0.1) is 25.8 Å². The van der Waals surface area contributed by atoms with E-state index in [-0.39, 0.29) is 0 Å². The Kier molecular flexibility index (Phi) is 6.09. The smallest absolute Gasteiger partial charge is 0.161 e. The number of ether oxygens (including phenoxy) is 3. The summed E-state index contributed by atoms with van der Waals surface area (Å²) in [6.07, 6.45) is 3.01. The van der Waals surface area contributed by atoms with Gasteiger partial charge in [-0.05, 0) is 83.1 Å². The molecule has 2 aromatic carbocycles. The van der Waals surface area contributed by atoms with Crippen molar-refractivity contribution in [3.8, 4) is 17.2 Å². The van der Waals surface area contributed by atoms with Gasteiger partial charge >= 0.3 is 0 Å². The van der Waals surface area contributed by atoms with E-state index in [4.69, 9.17) is 14.2 Å². The Hall–Kier alpha value is -1.72. The molecule has 0 fully saturated rings. The lowest BCUT2D eigenvalue weighted by atomic mass is 9.87. The van der Waals surface area contributed by atoms with E-state index in [0.29, 0.717) is 12.1 Å². The minimum atomic E-state index is 0.300. The number of rotatable bonds is 6. The fourth-order valence-corrected chi connectivity index (χ4v) is 4.26. The monoisotopic (exact) mass is 419 g/mol. The first-order chi connectivity index (χ1) is 12.5. The molecule has 0 bridgehead atoms. The Morgan fingerprint density at radius 3 is 2.35 bits per heavy atom. The van der Waals surface area contributed by atoms with E-state index < -0.39 is 0 Å². The van der Waals surface area contributed by atoms with Crippen molar-refractivity contribution in [3.05, 3.63) is 51.5 Å². The molecule has 4 nitrogen and oxygen atoms in total. The molecule has 2 aromatic rings. The predicted octanol–water partition coefficient (Wildman–Crippen LogP) is 4.68. The Morgan fingerprint density at radius 1 is 1.00 bits per heavy atom. The SMILES string of the molecule is COc1ccc(CCC2N[C@H](C)Cc3cc(OC)c(OC)cc32)cc1Br. The second-order valence-corrected chi connectivity index (χ2v) is 7.59. The molecule has 2 atom stereocenters. The van der Waals surface area contributed by atoms with Gasteiger partial charge in [-0.1, -0.05) is 6.07 Å². The third kappa shape index (κ3) is 3.99. The van der Waals surface area contributed by atoms with Gasteiger partial charge in [-0.2, -0.15) is 0 Å². The van der Waals surface area contributed by atoms with Crippen LogP contribution in [0.25, 0.3) is 0 Å². The Morgan fingerprint density at radius 2 is 1.69 bits per heavy atom. The van der Waals surface area contributed by atoms with Crippen LogP contribution in [0.1, 0.15) is 36.1 Å². The second kappa shape index (κ2) is 8.31. The fraction of sp³-hybridized carbons (Fsp3) is 0.429. The number of aryl methyl sites for hydroxylation is 1. The molecule has 1 aliphatic rings. The molecule has 0 aliphatic carbocycles. The van der Waals surface area contributed by atoms with Crippen molar-refractivity contribution in [2.45, 2.75) is 38.3 Å². The lowest BCUT2D eigenvalue weighted by Gasteiger charge is -2.32. The van der Waals surface area contributed by atoms with Gasteiger partial charge in [0.25, 0.3) is 0 Å². The third-order valence-electron chi connectivity index (χ3n) is 4.97. The molecule has 0 saturated carbocycles. The summed E-state index contributed by atoms with van der Waals surface area (Å²) in [5, 5.41) is 3.74. The zero-order valence-corrected chi connectivity index (χ0v) is 17.4. The van der Waals surface area contributed by atoms with Gasteiger partial charge < -0.3 is 19.5 Å². The maximum Gasteiger partial charge on any atom is 0.161 e. The quantitative estimate of drug-likeness (QED) is 0.737. The van der Waals surface area contributed by atoms with E-state index in [1.807, 2.05) is 6.07 Å². The number of fused-ring (bicyclic) bond motifs is 1. The summed E-state index contributed by atoms with van der Waals surface area (Å²) in [5.74, 6) is 2.46. The summed E-state index contributed by atoms with van der Waals surface area (Å²) in [7, 11) is 5.06. The molecule has 0 amide bonds. The number of hydrogen-bond acceptors (Lipinski definition) is 4. The Balaban J connectivity index is 1.82. The molecule has 1 N–H and O–H groups in total. The Labute approximate surface area is 164 Å². The molecule has 140 valence electrons. The van der Waals surface area contributed by atoms with Crippen LogP contribution in [0.4, 0.5) is 0 Å². The molecule has 3 rings (SSSR count). The molecular formula is C21H26BrNO3. The van der Waals surface area contributed by atoms with E-state index >= 15 is 0 Å². The van der Waals surface area contributed by atoms with Gasteiger partial charge in [-0.25, -0.2) is 0 Å². The summed E-state index contributed by atoms with van der Waals surface area (Å²) >= 11 is 3.57. The number of hydrogen-bond donors (Lipinski definition) is 1. The van der Waals surface area contributed by atoms with Crippen LogP contribution in [0, 0.1) is 0 Å². The highest BCUT2D eigenvalue weighted by Crippen LogP contribution is 2.37. The van der Waals surface area contributed by atoms with E-state index in [1.54, 1.807) is 21.3 Å². The van der Waals surface area contributed by atoms with Crippen LogP contribution < -0.4 is 19.5 Å². The lowest BCUT2D eigenvalue weighted by Crippen LogP contribution is -2.37. The van der Waals surface area contributed by atoms with Crippen molar-refractivity contribution in [2.75, 3.05) is 21.3 Å². The molecule has 1 heterocycles. The summed E-state index contributed by atoms with van der Waals surface area (Å²) in [5.41, 5.74) is 3.95. The fourth-order valence-electron chi connectivity index (χ4n) is 3.68. The van der Waals surface area contributed by atoms with Crippen LogP contribution in [0.5, 0.6) is 17.2 Å². The van der Waals surface area contributed by atoms with Crippen molar-refractivity contribution in [1.29, 1.82) is 0 Å². The summed E-state index contributed by atoms with van der Waals surface area (Å²) in [6, 6.07) is 11.3. The average Bonchev–Trinajstić information content (AvgIpc) is 2.65. The molecule has 5 heteroatoms. The summed E-state index contributed by atoms with van der Waals surface area (Å²) in [4.78, 5) is 0. The highest BCUT2D eigenvalue weighted by atomic mass is 79.9. The summed E-state index contributed by atoms with van der Waals surface area (Å²) in [6.45, 7) is 2.23. The topological polar surface area (TPSA) is 39.7 Å². The van der Waals surface area contributed by atoms with Gasteiger partial charge in [0.15, 0.2) is 11.5 Å². The zero-order chi connectivity index (χ0) is 18.7. The molecule has 1 unspecified atom stereocenters. The van der Waals surface area contributed by atoms with Crippen molar-refractivity contribution in [2.24, 2.45) is 0 Å². The summed E-state index contributed by atoms with van der Waals surface area (Å²) < 4.78 is 17.3. The zero-order valence-electron chi connectivity index (χ0n) is 15.8. The largest absolute Gasteiger partial charge is 0.496 e. The number of nitrogens with one attached hydrogen (secondary N) is 1. The van der Waals surface area contributed by atoms with Gasteiger partial charge in [-0.15, -0.1) is 0 Å². The number of methoxy groups -OCH3 is 3. The van der Waals surface area contributed by atoms with Crippen molar-refractivity contribution < 1.29 is 14.2 Å². The molecule has 0 saturated heterocycles. The van der Waals surface area contributed by atoms with Crippen LogP contribution in [0.3, 0.4) is 0 Å². The second-order valence-electron chi connectivity index (χ2n) is 6.74. The number of halogens is 1. The van der Waals surface area contributed by atoms with Gasteiger partial charge in [-0.3, -0.25) is 0 Å². The molecular weight excluding hydrogens is 394 g/mol. The minimum absolute atomic E-state index is 0.300. The third-order valence-corrected chi connectivity index (χ3v) is 5.59. The van der Waals surface area contributed by atoms with Gasteiger partial charge in [0.2, 0.25) is 0 Å². The highest BCUT2D eigenvalue weighted by Gasteiger charge is 2.26. The van der Waals surface area contributed by atoms with E-state index in [1.165, 1.54) is 16.7 Å². The van der Waals surface area contributed by atoms with E-state index in [9.17, 15) is 0 Å². The van der Waals surface area contributed by atoms with E-state index in [0.717, 1.165) is 41.0 Å². The molecule has 0 aromatic heterocycles. The van der Waals surface area contributed by atoms with Crippen LogP contribution >= 0.6 is 15.9 Å². The molecule has 1 aliphatic heterocycles. The normalized spacial score (nSPS) is 19.0. The van der Waals surface area contributed by atoms with Crippen LogP contribution in [0.15, 0.2) is 34.8 Å². The van der Waals surface area contributed by atoms with Crippen molar-refractivity contribution in [3.63, 3.8) is 0 Å². The van der Waals surface area contributed by atoms with Crippen LogP contribution in [0.2, 0.25) is 0 Å². The standard InChI is InChI=1S/C21H26BrNO3/c1-13-9-15-11-20(25-3)21(26-4)12-16(15)18(23-13)7-5-14-6-8-19(24-2)17(22)10-14/h6,8,10-13,18,23H,5,7,9H2,1-4H3/t13-,18?/m1/s1. The van der Waals surface area contributed by atoms with E-state index in [2.05, 4.69) is 52.4 Å². The van der Waals surface area contributed by atoms with Gasteiger partial charge in [0, 0.05) is 12.1 Å². The first-order valence-electron chi connectivity index (χ1n) is 8.89. The minimum Gasteiger partial charge on any atom is -0.496 e. The lowest BCUT2D eigenvalue weighted by molar-refractivity contribution is 0.348. The maximum atomic E-state index is 5.51. The first-order valence-corrected chi connectivity index (χ1v) is 9.68. The molecule has 0 spiro atoms. The molecule has 0 radical (unpaired) electrons. The molecule has 26 heavy (non-hydrogen) atoms. The van der Waals surface area contributed by atoms with Crippen molar-refractivity contribution in [1.82, 2.24) is 5.32 Å². The van der Waals surface area contributed by atoms with Crippen LogP contribution in [-0.4, -0.2) is 27.4 Å². The van der Waals surface area contributed by atoms with Gasteiger partial charge in [0.1, 0.15) is 5.75 Å². The number of benzene rings is 2. The first kappa shape index (κ1) is 19.1. The predicted molar refractivity (Wildman–Crippen MR) is 108 cm³/mol. The Bertz CT molecular complexity index is 778.